The van der Waals surface area contributed by atoms with Crippen LogP contribution in [0.4, 0.5) is 35.5 Å². The van der Waals surface area contributed by atoms with Gasteiger partial charge in [0.15, 0.2) is 18.5 Å². The van der Waals surface area contributed by atoms with Gasteiger partial charge in [0.2, 0.25) is 0 Å². The van der Waals surface area contributed by atoms with Crippen molar-refractivity contribution in [1.82, 2.24) is 14.7 Å². The van der Waals surface area contributed by atoms with Gasteiger partial charge in [-0.2, -0.15) is 26.3 Å². The second-order valence-electron chi connectivity index (χ2n) is 11.3. The van der Waals surface area contributed by atoms with Crippen LogP contribution in [0, 0.1) is 12.7 Å². The number of halogens is 7. The van der Waals surface area contributed by atoms with Gasteiger partial charge >= 0.3 is 18.4 Å². The van der Waals surface area contributed by atoms with E-state index in [0.717, 1.165) is 10.6 Å². The van der Waals surface area contributed by atoms with Gasteiger partial charge in [-0.15, -0.1) is 0 Å². The largest absolute Gasteiger partial charge is 0.416 e. The number of piperidine rings is 1. The summed E-state index contributed by atoms with van der Waals surface area (Å²) in [6, 6.07) is 3.11. The van der Waals surface area contributed by atoms with E-state index in [-0.39, 0.29) is 30.1 Å². The molecule has 3 aliphatic heterocycles. The molecule has 0 unspecified atom stereocenters. The summed E-state index contributed by atoms with van der Waals surface area (Å²) >= 11 is 0. The zero-order valence-corrected chi connectivity index (χ0v) is 24.1. The number of hydrogen-bond donors (Lipinski definition) is 0. The van der Waals surface area contributed by atoms with Gasteiger partial charge in [-0.1, -0.05) is 6.07 Å². The molecule has 2 aromatic carbocycles. The van der Waals surface area contributed by atoms with E-state index in [1.54, 1.807) is 24.0 Å². The molecule has 0 saturated carbocycles. The molecular formula is C31H30F7N4O2+. The average molecular weight is 624 g/mol. The highest BCUT2D eigenvalue weighted by atomic mass is 19.4. The summed E-state index contributed by atoms with van der Waals surface area (Å²) < 4.78 is 97.2. The molecule has 3 atom stereocenters. The summed E-state index contributed by atoms with van der Waals surface area (Å²) in [5.41, 5.74) is -1.23. The summed E-state index contributed by atoms with van der Waals surface area (Å²) in [6.45, 7) is 3.66. The number of rotatable bonds is 4. The number of carbonyl (C=O) groups is 2. The van der Waals surface area contributed by atoms with Crippen molar-refractivity contribution in [3.63, 3.8) is 0 Å². The van der Waals surface area contributed by atoms with Crippen molar-refractivity contribution in [1.29, 1.82) is 0 Å². The van der Waals surface area contributed by atoms with Crippen molar-refractivity contribution in [2.24, 2.45) is 0 Å². The molecular weight excluding hydrogens is 593 g/mol. The van der Waals surface area contributed by atoms with Crippen molar-refractivity contribution in [2.45, 2.75) is 57.2 Å². The van der Waals surface area contributed by atoms with Crippen molar-refractivity contribution < 1.29 is 44.9 Å². The molecule has 0 aliphatic carbocycles. The Morgan fingerprint density at radius 1 is 1.02 bits per heavy atom. The van der Waals surface area contributed by atoms with Crippen molar-refractivity contribution in [2.75, 3.05) is 20.1 Å². The van der Waals surface area contributed by atoms with Crippen molar-refractivity contribution >= 4 is 18.2 Å². The zero-order chi connectivity index (χ0) is 32.1. The molecule has 1 saturated heterocycles. The van der Waals surface area contributed by atoms with E-state index < -0.39 is 47.4 Å². The Morgan fingerprint density at radius 2 is 1.68 bits per heavy atom. The predicted molar refractivity (Wildman–Crippen MR) is 147 cm³/mol. The number of likely N-dealkylation sites (tertiary alicyclic amines) is 1. The number of nitrogens with zero attached hydrogens (tertiary/aromatic N) is 4. The topological polar surface area (TPSA) is 46.9 Å². The number of urea groups is 1. The Bertz CT molecular complexity index is 1550. The van der Waals surface area contributed by atoms with Crippen LogP contribution in [0.1, 0.15) is 59.7 Å². The molecule has 3 amide bonds. The van der Waals surface area contributed by atoms with Crippen LogP contribution in [0.15, 0.2) is 60.4 Å². The molecule has 3 aliphatic rings. The monoisotopic (exact) mass is 623 g/mol. The maximum atomic E-state index is 14.0. The molecule has 1 fully saturated rings. The van der Waals surface area contributed by atoms with Gasteiger partial charge in [0.05, 0.1) is 23.2 Å². The minimum Gasteiger partial charge on any atom is -0.321 e. The highest BCUT2D eigenvalue weighted by molar-refractivity contribution is 5.94. The first-order chi connectivity index (χ1) is 20.5. The third kappa shape index (κ3) is 6.09. The van der Waals surface area contributed by atoms with E-state index in [2.05, 4.69) is 0 Å². The zero-order valence-electron chi connectivity index (χ0n) is 24.1. The third-order valence-electron chi connectivity index (χ3n) is 8.54. The maximum Gasteiger partial charge on any atom is 0.416 e. The highest BCUT2D eigenvalue weighted by Gasteiger charge is 2.42. The molecule has 0 N–H and O–H groups in total. The Labute approximate surface area is 249 Å². The number of carbonyl (C=O) groups excluding carboxylic acids is 2. The van der Waals surface area contributed by atoms with E-state index in [4.69, 9.17) is 0 Å². The molecule has 44 heavy (non-hydrogen) atoms. The lowest BCUT2D eigenvalue weighted by atomic mass is 9.89. The number of allylic oxidation sites excluding steroid dienone is 1. The molecule has 0 aromatic heterocycles. The Balaban J connectivity index is 1.45. The van der Waals surface area contributed by atoms with Crippen LogP contribution in [0.5, 0.6) is 0 Å². The number of aryl methyl sites for hydroxylation is 1. The minimum absolute atomic E-state index is 0.0551. The van der Waals surface area contributed by atoms with Gasteiger partial charge in [0.25, 0.3) is 5.91 Å². The molecule has 0 spiro atoms. The Hall–Kier alpha value is -4.16. The number of alkyl halides is 6. The highest BCUT2D eigenvalue weighted by Crippen LogP contribution is 2.40. The number of amides is 3. The summed E-state index contributed by atoms with van der Waals surface area (Å²) in [4.78, 5) is 30.3. The number of benzene rings is 2. The lowest BCUT2D eigenvalue weighted by Crippen LogP contribution is -2.50. The Morgan fingerprint density at radius 3 is 2.30 bits per heavy atom. The fourth-order valence-corrected chi connectivity index (χ4v) is 5.97. The van der Waals surface area contributed by atoms with E-state index >= 15 is 0 Å². The van der Waals surface area contributed by atoms with Crippen LogP contribution in [-0.4, -0.2) is 63.6 Å². The number of hydrogen-bond acceptors (Lipinski definition) is 2. The van der Waals surface area contributed by atoms with E-state index in [0.29, 0.717) is 42.6 Å². The molecule has 0 bridgehead atoms. The molecule has 13 heteroatoms. The molecule has 5 rings (SSSR count). The molecule has 3 heterocycles. The summed E-state index contributed by atoms with van der Waals surface area (Å²) in [6.07, 6.45) is -2.22. The van der Waals surface area contributed by atoms with E-state index in [9.17, 15) is 40.3 Å². The van der Waals surface area contributed by atoms with Gasteiger partial charge in [0.1, 0.15) is 18.1 Å². The third-order valence-corrected chi connectivity index (χ3v) is 8.54. The standard InChI is InChI=1S/C31H30F7N4O2/c1-18-12-23(32)4-6-26(18)27-16-24(40-10-11-41-25(17-40)5-7-28(41)43)8-9-42(27)29(44)39(3)19(2)20-13-21(30(33,34)35)15-22(14-20)31(36,37)38/h4-7,10,12-15,17,19,24,27H,8-9,11,16H2,1-3H3/q+1/t19-,24+,27-/m1/s1. The lowest BCUT2D eigenvalue weighted by Gasteiger charge is -2.42. The maximum absolute atomic E-state index is 14.0. The van der Waals surface area contributed by atoms with Gasteiger partial charge in [0, 0.05) is 32.5 Å². The van der Waals surface area contributed by atoms with Gasteiger partial charge in [-0.05, 0) is 66.9 Å². The average Bonchev–Trinajstić information content (AvgIpc) is 3.34. The predicted octanol–water partition coefficient (Wildman–Crippen LogP) is 6.83. The lowest BCUT2D eigenvalue weighted by molar-refractivity contribution is -0.506. The van der Waals surface area contributed by atoms with Crippen LogP contribution in [0.25, 0.3) is 0 Å². The molecule has 0 radical (unpaired) electrons. The van der Waals surface area contributed by atoms with Crippen molar-refractivity contribution in [3.05, 3.63) is 94.1 Å². The van der Waals surface area contributed by atoms with Crippen LogP contribution in [0.3, 0.4) is 0 Å². The second kappa shape index (κ2) is 11.4. The fourth-order valence-electron chi connectivity index (χ4n) is 5.97. The first kappa shape index (κ1) is 31.3. The Kier molecular flexibility index (Phi) is 8.10. The first-order valence-electron chi connectivity index (χ1n) is 14.0. The summed E-state index contributed by atoms with van der Waals surface area (Å²) in [5.74, 6) is -0.577. The van der Waals surface area contributed by atoms with Crippen molar-refractivity contribution in [3.8, 4) is 0 Å². The van der Waals surface area contributed by atoms with E-state index in [1.165, 1.54) is 37.1 Å². The molecule has 234 valence electrons. The van der Waals surface area contributed by atoms with Gasteiger partial charge in [-0.3, -0.25) is 9.69 Å². The SMILES string of the molecule is Cc1cc(F)ccc1[C@H]1C[C@@H]([N+]2=CCN3C(=O)C=CC3=C2)CCN1C(=O)N(C)[C@H](C)c1cc(C(F)(F)F)cc(C(F)(F)F)c1. The normalized spacial score (nSPS) is 21.2. The van der Waals surface area contributed by atoms with Gasteiger partial charge < -0.3 is 9.80 Å². The summed E-state index contributed by atoms with van der Waals surface area (Å²) in [7, 11) is 1.34. The van der Waals surface area contributed by atoms with Crippen LogP contribution >= 0.6 is 0 Å². The quantitative estimate of drug-likeness (QED) is 0.277. The summed E-state index contributed by atoms with van der Waals surface area (Å²) in [5, 5.41) is 0. The van der Waals surface area contributed by atoms with E-state index in [1.807, 2.05) is 17.0 Å². The fraction of sp³-hybridized carbons (Fsp3) is 0.387. The van der Waals surface area contributed by atoms with Crippen LogP contribution in [0.2, 0.25) is 0 Å². The molecule has 2 aromatic rings. The smallest absolute Gasteiger partial charge is 0.321 e. The minimum atomic E-state index is -5.02. The first-order valence-corrected chi connectivity index (χ1v) is 14.0. The second-order valence-corrected chi connectivity index (χ2v) is 11.3. The van der Waals surface area contributed by atoms with Gasteiger partial charge in [-0.25, -0.2) is 13.8 Å². The molecule has 6 nitrogen and oxygen atoms in total. The van der Waals surface area contributed by atoms with Crippen LogP contribution < -0.4 is 0 Å². The van der Waals surface area contributed by atoms with Crippen LogP contribution in [-0.2, 0) is 17.1 Å². The number of fused-ring (bicyclic) bond motifs is 1.